The predicted molar refractivity (Wildman–Crippen MR) is 106 cm³/mol. The molecule has 0 saturated carbocycles. The van der Waals surface area contributed by atoms with Gasteiger partial charge in [0.15, 0.2) is 11.7 Å². The van der Waals surface area contributed by atoms with Gasteiger partial charge < -0.3 is 10.6 Å². The summed E-state index contributed by atoms with van der Waals surface area (Å²) in [4.78, 5) is 12.4. The molecular formula is C14H19F3IN5S2. The summed E-state index contributed by atoms with van der Waals surface area (Å²) in [6.45, 7) is 5.21. The molecule has 0 bridgehead atoms. The summed E-state index contributed by atoms with van der Waals surface area (Å²) in [5, 5.41) is 10.4. The van der Waals surface area contributed by atoms with Gasteiger partial charge in [-0.05, 0) is 13.3 Å². The molecule has 0 spiro atoms. The number of hydrogen-bond donors (Lipinski definition) is 2. The molecule has 0 unspecified atom stereocenters. The Bertz CT molecular complexity index is 684. The van der Waals surface area contributed by atoms with Crippen molar-refractivity contribution in [2.75, 3.05) is 6.54 Å². The molecule has 11 heteroatoms. The molecule has 0 radical (unpaired) electrons. The first kappa shape index (κ1) is 22.1. The zero-order valence-corrected chi connectivity index (χ0v) is 17.6. The molecule has 0 aliphatic heterocycles. The fourth-order valence-corrected chi connectivity index (χ4v) is 3.24. The maximum atomic E-state index is 12.5. The minimum atomic E-state index is -4.41. The van der Waals surface area contributed by atoms with E-state index in [-0.39, 0.29) is 30.5 Å². The lowest BCUT2D eigenvalue weighted by Gasteiger charge is -2.09. The highest BCUT2D eigenvalue weighted by Crippen LogP contribution is 2.29. The molecule has 2 aromatic heterocycles. The van der Waals surface area contributed by atoms with Crippen LogP contribution in [-0.2, 0) is 25.7 Å². The van der Waals surface area contributed by atoms with Crippen molar-refractivity contribution >= 4 is 52.6 Å². The van der Waals surface area contributed by atoms with Crippen LogP contribution in [-0.4, -0.2) is 22.5 Å². The van der Waals surface area contributed by atoms with Crippen molar-refractivity contribution in [2.24, 2.45) is 4.99 Å². The van der Waals surface area contributed by atoms with Crippen LogP contribution in [0.5, 0.6) is 0 Å². The molecule has 140 valence electrons. The van der Waals surface area contributed by atoms with Crippen molar-refractivity contribution in [1.29, 1.82) is 0 Å². The van der Waals surface area contributed by atoms with E-state index in [0.717, 1.165) is 33.8 Å². The van der Waals surface area contributed by atoms with Crippen LogP contribution in [0.2, 0.25) is 0 Å². The summed E-state index contributed by atoms with van der Waals surface area (Å²) < 4.78 is 37.6. The first-order valence-electron chi connectivity index (χ1n) is 7.39. The fourth-order valence-electron chi connectivity index (χ4n) is 1.77. The normalized spacial score (nSPS) is 12.0. The lowest BCUT2D eigenvalue weighted by Crippen LogP contribution is -2.36. The zero-order chi connectivity index (χ0) is 17.6. The van der Waals surface area contributed by atoms with Crippen LogP contribution >= 0.6 is 46.7 Å². The fraction of sp³-hybridized carbons (Fsp3) is 0.500. The van der Waals surface area contributed by atoms with Crippen LogP contribution in [0.25, 0.3) is 0 Å². The lowest BCUT2D eigenvalue weighted by molar-refractivity contribution is -0.140. The number of rotatable bonds is 6. The van der Waals surface area contributed by atoms with E-state index in [1.165, 1.54) is 0 Å². The second kappa shape index (κ2) is 10.3. The summed E-state index contributed by atoms with van der Waals surface area (Å²) in [6, 6.07) is 0. The molecule has 2 N–H and O–H groups in total. The number of aliphatic imine (C=N–C) groups is 1. The van der Waals surface area contributed by atoms with Gasteiger partial charge in [0.25, 0.3) is 0 Å². The van der Waals surface area contributed by atoms with Gasteiger partial charge in [0.1, 0.15) is 5.01 Å². The van der Waals surface area contributed by atoms with E-state index >= 15 is 0 Å². The predicted octanol–water partition coefficient (Wildman–Crippen LogP) is 4.05. The van der Waals surface area contributed by atoms with E-state index in [4.69, 9.17) is 0 Å². The number of nitrogens with one attached hydrogen (secondary N) is 2. The Balaban J connectivity index is 0.00000312. The smallest absolute Gasteiger partial charge is 0.357 e. The third kappa shape index (κ3) is 7.05. The molecule has 0 fully saturated rings. The minimum Gasteiger partial charge on any atom is -0.357 e. The standard InChI is InChI=1S/C14H18F3N5S2.HI/c1-3-11-21-9(7-23-11)5-19-13(18-4-2)20-6-12-22-10(8-24-12)14(15,16)17;/h7-8H,3-6H2,1-2H3,(H2,18,19,20);1H. The quantitative estimate of drug-likeness (QED) is 0.354. The largest absolute Gasteiger partial charge is 0.434 e. The third-order valence-corrected chi connectivity index (χ3v) is 4.79. The number of thiazole rings is 2. The highest BCUT2D eigenvalue weighted by molar-refractivity contribution is 14.0. The minimum absolute atomic E-state index is 0. The summed E-state index contributed by atoms with van der Waals surface area (Å²) in [5.74, 6) is 0.521. The summed E-state index contributed by atoms with van der Waals surface area (Å²) in [5.41, 5.74) is 0.0171. The zero-order valence-electron chi connectivity index (χ0n) is 13.7. The van der Waals surface area contributed by atoms with Crippen LogP contribution in [0.3, 0.4) is 0 Å². The summed E-state index contributed by atoms with van der Waals surface area (Å²) >= 11 is 2.56. The second-order valence-corrected chi connectivity index (χ2v) is 6.64. The molecular weight excluding hydrogens is 486 g/mol. The van der Waals surface area contributed by atoms with Crippen molar-refractivity contribution < 1.29 is 13.2 Å². The van der Waals surface area contributed by atoms with E-state index in [1.54, 1.807) is 11.3 Å². The third-order valence-electron chi connectivity index (χ3n) is 2.89. The first-order chi connectivity index (χ1) is 11.4. The Kier molecular flexibility index (Phi) is 9.07. The van der Waals surface area contributed by atoms with Crippen LogP contribution in [0, 0.1) is 0 Å². The van der Waals surface area contributed by atoms with Crippen molar-refractivity contribution in [1.82, 2.24) is 20.6 Å². The van der Waals surface area contributed by atoms with Gasteiger partial charge in [-0.1, -0.05) is 6.92 Å². The number of alkyl halides is 3. The van der Waals surface area contributed by atoms with Gasteiger partial charge in [0.05, 0.1) is 23.8 Å². The first-order valence-corrected chi connectivity index (χ1v) is 9.15. The number of aryl methyl sites for hydroxylation is 1. The molecule has 5 nitrogen and oxygen atoms in total. The van der Waals surface area contributed by atoms with Gasteiger partial charge >= 0.3 is 6.18 Å². The molecule has 2 rings (SSSR count). The van der Waals surface area contributed by atoms with Crippen molar-refractivity contribution in [3.8, 4) is 0 Å². The summed E-state index contributed by atoms with van der Waals surface area (Å²) in [6.07, 6.45) is -3.52. The van der Waals surface area contributed by atoms with Crippen LogP contribution in [0.1, 0.15) is 35.3 Å². The van der Waals surface area contributed by atoms with E-state index in [1.807, 2.05) is 19.2 Å². The van der Waals surface area contributed by atoms with E-state index in [2.05, 4.69) is 25.6 Å². The Morgan fingerprint density at radius 3 is 2.40 bits per heavy atom. The molecule has 0 atom stereocenters. The average molecular weight is 505 g/mol. The van der Waals surface area contributed by atoms with Crippen molar-refractivity contribution in [3.63, 3.8) is 0 Å². The molecule has 0 aliphatic rings. The average Bonchev–Trinajstić information content (AvgIpc) is 3.18. The van der Waals surface area contributed by atoms with Gasteiger partial charge in [-0.3, -0.25) is 0 Å². The van der Waals surface area contributed by atoms with Gasteiger partial charge in [-0.2, -0.15) is 13.2 Å². The molecule has 0 aliphatic carbocycles. The lowest BCUT2D eigenvalue weighted by atomic mass is 10.4. The van der Waals surface area contributed by atoms with Crippen molar-refractivity contribution in [3.05, 3.63) is 32.2 Å². The number of halogens is 4. The van der Waals surface area contributed by atoms with Gasteiger partial charge in [-0.15, -0.1) is 46.7 Å². The highest BCUT2D eigenvalue weighted by atomic mass is 127. The van der Waals surface area contributed by atoms with E-state index in [0.29, 0.717) is 24.1 Å². The highest BCUT2D eigenvalue weighted by Gasteiger charge is 2.33. The van der Waals surface area contributed by atoms with Crippen LogP contribution in [0.4, 0.5) is 13.2 Å². The molecule has 2 heterocycles. The van der Waals surface area contributed by atoms with E-state index < -0.39 is 11.9 Å². The Morgan fingerprint density at radius 2 is 1.84 bits per heavy atom. The number of nitrogens with zero attached hydrogens (tertiary/aromatic N) is 3. The van der Waals surface area contributed by atoms with Crippen LogP contribution in [0.15, 0.2) is 15.8 Å². The molecule has 2 aromatic rings. The Morgan fingerprint density at radius 1 is 1.12 bits per heavy atom. The Labute approximate surface area is 169 Å². The van der Waals surface area contributed by atoms with Gasteiger partial charge in [-0.25, -0.2) is 15.0 Å². The molecule has 0 saturated heterocycles. The molecule has 0 amide bonds. The number of aromatic nitrogens is 2. The number of guanidine groups is 1. The maximum absolute atomic E-state index is 12.5. The van der Waals surface area contributed by atoms with Gasteiger partial charge in [0.2, 0.25) is 0 Å². The molecule has 0 aromatic carbocycles. The van der Waals surface area contributed by atoms with E-state index in [9.17, 15) is 13.2 Å². The summed E-state index contributed by atoms with van der Waals surface area (Å²) in [7, 11) is 0. The Hall–Kier alpha value is -0.950. The SMILES string of the molecule is CCNC(=NCc1csc(CC)n1)NCc1nc(C(F)(F)F)cs1.I. The topological polar surface area (TPSA) is 62.2 Å². The molecule has 25 heavy (non-hydrogen) atoms. The number of hydrogen-bond acceptors (Lipinski definition) is 5. The van der Waals surface area contributed by atoms with Gasteiger partial charge in [0, 0.05) is 17.3 Å². The van der Waals surface area contributed by atoms with Crippen molar-refractivity contribution in [2.45, 2.75) is 39.5 Å². The second-order valence-electron chi connectivity index (χ2n) is 4.76. The maximum Gasteiger partial charge on any atom is 0.434 e. The monoisotopic (exact) mass is 505 g/mol. The van der Waals surface area contributed by atoms with Crippen LogP contribution < -0.4 is 10.6 Å².